The molecular weight excluding hydrogens is 236 g/mol. The van der Waals surface area contributed by atoms with Gasteiger partial charge >= 0.3 is 0 Å². The van der Waals surface area contributed by atoms with Crippen LogP contribution in [0, 0.1) is 0 Å². The SMILES string of the molecule is CC(=O)N1CC[C@H](O/N=[N+](/O)N(C)C(C)(C)C)C1. The van der Waals surface area contributed by atoms with Gasteiger partial charge in [0.15, 0.2) is 6.10 Å². The van der Waals surface area contributed by atoms with Crippen LogP contribution in [0.1, 0.15) is 34.1 Å². The van der Waals surface area contributed by atoms with Gasteiger partial charge in [-0.1, -0.05) is 0 Å². The van der Waals surface area contributed by atoms with Crippen LogP contribution in [-0.2, 0) is 9.63 Å². The Labute approximate surface area is 108 Å². The first-order chi connectivity index (χ1) is 8.21. The third kappa shape index (κ3) is 3.75. The molecule has 0 bridgehead atoms. The van der Waals surface area contributed by atoms with Crippen LogP contribution < -0.4 is 0 Å². The monoisotopic (exact) mass is 259 g/mol. The largest absolute Gasteiger partial charge is 0.339 e. The molecule has 7 nitrogen and oxygen atoms in total. The lowest BCUT2D eigenvalue weighted by Gasteiger charge is -2.22. The molecule has 0 aliphatic carbocycles. The van der Waals surface area contributed by atoms with Crippen molar-refractivity contribution in [1.29, 1.82) is 0 Å². The summed E-state index contributed by atoms with van der Waals surface area (Å²) in [5.41, 5.74) is -0.261. The van der Waals surface area contributed by atoms with Crippen molar-refractivity contribution < 1.29 is 19.8 Å². The molecule has 0 unspecified atom stereocenters. The van der Waals surface area contributed by atoms with Crippen LogP contribution in [0.25, 0.3) is 0 Å². The molecule has 0 aromatic heterocycles. The van der Waals surface area contributed by atoms with Crippen LogP contribution in [0.15, 0.2) is 5.28 Å². The number of hydrazine groups is 1. The molecule has 0 aromatic carbocycles. The summed E-state index contributed by atoms with van der Waals surface area (Å²) in [6, 6.07) is 0. The molecule has 1 saturated heterocycles. The highest BCUT2D eigenvalue weighted by atomic mass is 16.7. The normalized spacial score (nSPS) is 21.1. The van der Waals surface area contributed by atoms with Crippen molar-refractivity contribution in [3.05, 3.63) is 0 Å². The number of carbonyl (C=O) groups excluding carboxylic acids is 1. The molecule has 1 atom stereocenters. The number of rotatable bonds is 3. The van der Waals surface area contributed by atoms with Crippen molar-refractivity contribution in [3.8, 4) is 0 Å². The quantitative estimate of drug-likeness (QED) is 0.467. The average Bonchev–Trinajstić information content (AvgIpc) is 2.72. The third-order valence-electron chi connectivity index (χ3n) is 3.10. The van der Waals surface area contributed by atoms with Crippen LogP contribution in [0.5, 0.6) is 0 Å². The van der Waals surface area contributed by atoms with E-state index >= 15 is 0 Å². The Kier molecular flexibility index (Phi) is 4.37. The van der Waals surface area contributed by atoms with Crippen molar-refractivity contribution >= 4 is 5.91 Å². The number of nitrogens with zero attached hydrogens (tertiary/aromatic N) is 4. The predicted molar refractivity (Wildman–Crippen MR) is 63.7 cm³/mol. The molecule has 1 aliphatic heterocycles. The van der Waals surface area contributed by atoms with Gasteiger partial charge in [0.25, 0.3) is 10.2 Å². The van der Waals surface area contributed by atoms with Gasteiger partial charge in [-0.3, -0.25) is 4.79 Å². The first-order valence-electron chi connectivity index (χ1n) is 6.07. The number of amides is 1. The van der Waals surface area contributed by atoms with Crippen molar-refractivity contribution in [2.45, 2.75) is 45.8 Å². The Bertz CT molecular complexity index is 338. The molecule has 0 aromatic rings. The van der Waals surface area contributed by atoms with Gasteiger partial charge in [0, 0.05) is 19.9 Å². The van der Waals surface area contributed by atoms with Crippen LogP contribution in [-0.4, -0.2) is 57.8 Å². The molecule has 104 valence electrons. The summed E-state index contributed by atoms with van der Waals surface area (Å²) in [4.78, 5) is 18.8. The van der Waals surface area contributed by atoms with E-state index in [-0.39, 0.29) is 17.6 Å². The minimum absolute atomic E-state index is 0.0359. The fourth-order valence-corrected chi connectivity index (χ4v) is 1.53. The lowest BCUT2D eigenvalue weighted by atomic mass is 10.1. The second-order valence-electron chi connectivity index (χ2n) is 5.53. The average molecular weight is 259 g/mol. The van der Waals surface area contributed by atoms with Crippen molar-refractivity contribution in [3.63, 3.8) is 0 Å². The summed E-state index contributed by atoms with van der Waals surface area (Å²) in [6.45, 7) is 8.56. The molecule has 0 radical (unpaired) electrons. The highest BCUT2D eigenvalue weighted by Gasteiger charge is 2.30. The zero-order valence-electron chi connectivity index (χ0n) is 11.8. The lowest BCUT2D eigenvalue weighted by Crippen LogP contribution is -2.43. The molecular formula is C11H23N4O3+. The van der Waals surface area contributed by atoms with E-state index < -0.39 is 0 Å². The van der Waals surface area contributed by atoms with Gasteiger partial charge in [-0.15, -0.1) is 5.01 Å². The standard InChI is InChI=1S/C11H23N4O3/c1-9(16)14-7-6-10(8-14)18-12-15(17)13(5)11(2,3)4/h10H,6-8H2,1-5H3,(H,12,17)/q+1/t10-/m0/s1. The van der Waals surface area contributed by atoms with E-state index in [1.54, 1.807) is 17.0 Å². The topological polar surface area (TPSA) is 68.4 Å². The Balaban J connectivity index is 2.48. The minimum atomic E-state index is -0.261. The zero-order valence-corrected chi connectivity index (χ0v) is 11.8. The summed E-state index contributed by atoms with van der Waals surface area (Å²) in [5, 5.41) is 14.9. The van der Waals surface area contributed by atoms with E-state index in [9.17, 15) is 10.0 Å². The second-order valence-corrected chi connectivity index (χ2v) is 5.53. The first-order valence-corrected chi connectivity index (χ1v) is 6.07. The van der Waals surface area contributed by atoms with E-state index in [0.29, 0.717) is 18.1 Å². The third-order valence-corrected chi connectivity index (χ3v) is 3.10. The number of hydrogen-bond donors (Lipinski definition) is 1. The summed E-state index contributed by atoms with van der Waals surface area (Å²) in [7, 11) is 1.71. The minimum Gasteiger partial charge on any atom is -0.339 e. The van der Waals surface area contributed by atoms with Crippen molar-refractivity contribution in [2.75, 3.05) is 20.1 Å². The second kappa shape index (κ2) is 5.41. The molecule has 1 fully saturated rings. The van der Waals surface area contributed by atoms with Gasteiger partial charge in [0.05, 0.1) is 19.1 Å². The summed E-state index contributed by atoms with van der Waals surface area (Å²) in [6.07, 6.45) is 0.577. The van der Waals surface area contributed by atoms with Gasteiger partial charge in [0.2, 0.25) is 5.91 Å². The van der Waals surface area contributed by atoms with E-state index in [1.165, 1.54) is 6.92 Å². The fraction of sp³-hybridized carbons (Fsp3) is 0.909. The smallest absolute Gasteiger partial charge is 0.274 e. The fourth-order valence-electron chi connectivity index (χ4n) is 1.53. The predicted octanol–water partition coefficient (Wildman–Crippen LogP) is 1.04. The van der Waals surface area contributed by atoms with E-state index in [2.05, 4.69) is 5.28 Å². The van der Waals surface area contributed by atoms with Gasteiger partial charge < -0.3 is 9.74 Å². The maximum atomic E-state index is 11.1. The van der Waals surface area contributed by atoms with Gasteiger partial charge in [-0.25, -0.2) is 5.21 Å². The summed E-state index contributed by atoms with van der Waals surface area (Å²) < 4.78 is 0. The maximum Gasteiger partial charge on any atom is 0.274 e. The van der Waals surface area contributed by atoms with Crippen molar-refractivity contribution in [1.82, 2.24) is 9.91 Å². The molecule has 0 spiro atoms. The molecule has 1 aliphatic rings. The van der Waals surface area contributed by atoms with Crippen molar-refractivity contribution in [2.24, 2.45) is 5.28 Å². The Hall–Kier alpha value is -1.53. The van der Waals surface area contributed by atoms with Gasteiger partial charge in [-0.05, 0) is 20.8 Å². The summed E-state index contributed by atoms with van der Waals surface area (Å²) in [5.74, 6) is 0.0359. The van der Waals surface area contributed by atoms with Crippen LogP contribution in [0.3, 0.4) is 0 Å². The molecule has 1 amide bonds. The molecule has 18 heavy (non-hydrogen) atoms. The van der Waals surface area contributed by atoms with E-state index in [1.807, 2.05) is 20.8 Å². The van der Waals surface area contributed by atoms with Gasteiger partial charge in [0.1, 0.15) is 0 Å². The maximum absolute atomic E-state index is 11.1. The van der Waals surface area contributed by atoms with Crippen LogP contribution in [0.4, 0.5) is 0 Å². The van der Waals surface area contributed by atoms with Gasteiger partial charge in [-0.2, -0.15) is 0 Å². The molecule has 0 saturated carbocycles. The molecule has 1 N–H and O–H groups in total. The highest BCUT2D eigenvalue weighted by molar-refractivity contribution is 5.73. The number of hydrogen-bond acceptors (Lipinski definition) is 3. The van der Waals surface area contributed by atoms with E-state index in [0.717, 1.165) is 6.42 Å². The Morgan fingerprint density at radius 1 is 1.56 bits per heavy atom. The lowest BCUT2D eigenvalue weighted by molar-refractivity contribution is -0.946. The zero-order chi connectivity index (χ0) is 13.9. The Morgan fingerprint density at radius 3 is 2.61 bits per heavy atom. The highest BCUT2D eigenvalue weighted by Crippen LogP contribution is 2.14. The summed E-state index contributed by atoms with van der Waals surface area (Å²) >= 11 is 0. The molecule has 1 heterocycles. The number of carbonyl (C=O) groups is 1. The van der Waals surface area contributed by atoms with Crippen LogP contribution >= 0.6 is 0 Å². The molecule has 7 heteroatoms. The Morgan fingerprint density at radius 2 is 2.17 bits per heavy atom. The van der Waals surface area contributed by atoms with E-state index in [4.69, 9.17) is 4.84 Å². The number of likely N-dealkylation sites (tertiary alicyclic amines) is 1. The van der Waals surface area contributed by atoms with Crippen LogP contribution in [0.2, 0.25) is 0 Å². The molecule has 1 rings (SSSR count). The first kappa shape index (κ1) is 14.5.